The number of carboxylic acid groups (broad SMARTS) is 1. The SMILES string of the molecule is CC1(C)CC(c2ccccc2)N(CC(C)(O)C(=O)O)C1. The zero-order chi connectivity index (χ0) is 15.0. The molecule has 2 N–H and O–H groups in total. The molecule has 1 aromatic carbocycles. The van der Waals surface area contributed by atoms with Crippen molar-refractivity contribution in [1.29, 1.82) is 0 Å². The maximum Gasteiger partial charge on any atom is 0.336 e. The first-order valence-electron chi connectivity index (χ1n) is 6.96. The van der Waals surface area contributed by atoms with E-state index in [4.69, 9.17) is 5.11 Å². The van der Waals surface area contributed by atoms with Crippen molar-refractivity contribution in [1.82, 2.24) is 4.90 Å². The quantitative estimate of drug-likeness (QED) is 0.886. The van der Waals surface area contributed by atoms with E-state index in [1.807, 2.05) is 18.2 Å². The van der Waals surface area contributed by atoms with Crippen LogP contribution in [0.1, 0.15) is 38.8 Å². The zero-order valence-electron chi connectivity index (χ0n) is 12.3. The molecule has 0 aromatic heterocycles. The van der Waals surface area contributed by atoms with Crippen molar-refractivity contribution in [2.24, 2.45) is 5.41 Å². The normalized spacial score (nSPS) is 25.3. The molecule has 1 saturated heterocycles. The topological polar surface area (TPSA) is 60.8 Å². The fourth-order valence-corrected chi connectivity index (χ4v) is 3.01. The van der Waals surface area contributed by atoms with E-state index >= 15 is 0 Å². The van der Waals surface area contributed by atoms with E-state index in [0.717, 1.165) is 13.0 Å². The maximum absolute atomic E-state index is 11.1. The first-order chi connectivity index (χ1) is 9.21. The van der Waals surface area contributed by atoms with Crippen LogP contribution in [0.5, 0.6) is 0 Å². The number of nitrogens with zero attached hydrogens (tertiary/aromatic N) is 1. The molecule has 1 aliphatic rings. The second-order valence-electron chi connectivity index (χ2n) is 6.78. The average molecular weight is 277 g/mol. The molecule has 4 heteroatoms. The van der Waals surface area contributed by atoms with Gasteiger partial charge in [-0.05, 0) is 24.3 Å². The monoisotopic (exact) mass is 277 g/mol. The summed E-state index contributed by atoms with van der Waals surface area (Å²) in [6.07, 6.45) is 0.965. The summed E-state index contributed by atoms with van der Waals surface area (Å²) in [5.41, 5.74) is -0.415. The molecule has 0 bridgehead atoms. The minimum Gasteiger partial charge on any atom is -0.479 e. The van der Waals surface area contributed by atoms with Crippen molar-refractivity contribution < 1.29 is 15.0 Å². The van der Waals surface area contributed by atoms with Crippen LogP contribution in [-0.4, -0.2) is 39.8 Å². The minimum absolute atomic E-state index is 0.120. The van der Waals surface area contributed by atoms with Crippen molar-refractivity contribution in [2.45, 2.75) is 38.8 Å². The summed E-state index contributed by atoms with van der Waals surface area (Å²) >= 11 is 0. The van der Waals surface area contributed by atoms with Crippen LogP contribution in [0.25, 0.3) is 0 Å². The Morgan fingerprint density at radius 1 is 1.40 bits per heavy atom. The second kappa shape index (κ2) is 5.19. The molecule has 2 unspecified atom stereocenters. The molecule has 110 valence electrons. The Bertz CT molecular complexity index is 482. The van der Waals surface area contributed by atoms with Gasteiger partial charge in [-0.3, -0.25) is 4.90 Å². The number of likely N-dealkylation sites (tertiary alicyclic amines) is 1. The summed E-state index contributed by atoms with van der Waals surface area (Å²) < 4.78 is 0. The van der Waals surface area contributed by atoms with Gasteiger partial charge < -0.3 is 10.2 Å². The number of β-amino-alcohol motifs (C(OH)–C–C–N with tert-alkyl or cyclic N) is 1. The molecule has 0 spiro atoms. The van der Waals surface area contributed by atoms with Gasteiger partial charge in [-0.15, -0.1) is 0 Å². The molecule has 1 aromatic rings. The Labute approximate surface area is 120 Å². The van der Waals surface area contributed by atoms with Gasteiger partial charge in [-0.2, -0.15) is 0 Å². The standard InChI is InChI=1S/C16H23NO3/c1-15(2)9-13(12-7-5-4-6-8-12)17(10-15)11-16(3,20)14(18)19/h4-8,13,20H,9-11H2,1-3H3,(H,18,19). The fourth-order valence-electron chi connectivity index (χ4n) is 3.01. The summed E-state index contributed by atoms with van der Waals surface area (Å²) in [4.78, 5) is 13.2. The van der Waals surface area contributed by atoms with Crippen molar-refractivity contribution in [2.75, 3.05) is 13.1 Å². The fraction of sp³-hybridized carbons (Fsp3) is 0.562. The van der Waals surface area contributed by atoms with Crippen LogP contribution >= 0.6 is 0 Å². The van der Waals surface area contributed by atoms with E-state index in [0.29, 0.717) is 0 Å². The number of carboxylic acids is 1. The Hall–Kier alpha value is -1.39. The predicted molar refractivity (Wildman–Crippen MR) is 77.4 cm³/mol. The number of hydrogen-bond donors (Lipinski definition) is 2. The molecule has 0 amide bonds. The zero-order valence-corrected chi connectivity index (χ0v) is 12.3. The van der Waals surface area contributed by atoms with Gasteiger partial charge in [0.15, 0.2) is 5.60 Å². The van der Waals surface area contributed by atoms with Gasteiger partial charge in [0.2, 0.25) is 0 Å². The molecule has 0 saturated carbocycles. The third-order valence-electron chi connectivity index (χ3n) is 3.97. The highest BCUT2D eigenvalue weighted by molar-refractivity contribution is 5.76. The van der Waals surface area contributed by atoms with E-state index < -0.39 is 11.6 Å². The van der Waals surface area contributed by atoms with Crippen LogP contribution in [-0.2, 0) is 4.79 Å². The lowest BCUT2D eigenvalue weighted by Gasteiger charge is -2.30. The molecule has 0 aliphatic carbocycles. The lowest BCUT2D eigenvalue weighted by atomic mass is 9.89. The predicted octanol–water partition coefficient (Wildman–Crippen LogP) is 2.30. The molecule has 0 radical (unpaired) electrons. The first kappa shape index (κ1) is 15.0. The van der Waals surface area contributed by atoms with Crippen LogP contribution in [0, 0.1) is 5.41 Å². The van der Waals surface area contributed by atoms with Crippen LogP contribution in [0.15, 0.2) is 30.3 Å². The third-order valence-corrected chi connectivity index (χ3v) is 3.97. The number of aliphatic carboxylic acids is 1. The van der Waals surface area contributed by atoms with E-state index in [9.17, 15) is 9.90 Å². The molecule has 2 rings (SSSR count). The smallest absolute Gasteiger partial charge is 0.336 e. The van der Waals surface area contributed by atoms with Gasteiger partial charge in [0, 0.05) is 19.1 Å². The second-order valence-corrected chi connectivity index (χ2v) is 6.78. The lowest BCUT2D eigenvalue weighted by molar-refractivity contribution is -0.158. The Morgan fingerprint density at radius 3 is 2.55 bits per heavy atom. The van der Waals surface area contributed by atoms with Crippen LogP contribution in [0.3, 0.4) is 0 Å². The van der Waals surface area contributed by atoms with Gasteiger partial charge in [0.25, 0.3) is 0 Å². The summed E-state index contributed by atoms with van der Waals surface area (Å²) in [5.74, 6) is -1.17. The Morgan fingerprint density at radius 2 is 2.00 bits per heavy atom. The molecule has 1 aliphatic heterocycles. The highest BCUT2D eigenvalue weighted by atomic mass is 16.4. The summed E-state index contributed by atoms with van der Waals surface area (Å²) in [6.45, 7) is 6.65. The number of hydrogen-bond acceptors (Lipinski definition) is 3. The average Bonchev–Trinajstić information content (AvgIpc) is 2.64. The molecule has 1 fully saturated rings. The van der Waals surface area contributed by atoms with E-state index in [-0.39, 0.29) is 18.0 Å². The number of carbonyl (C=O) groups is 1. The summed E-state index contributed by atoms with van der Waals surface area (Å²) in [5, 5.41) is 19.2. The molecule has 2 atom stereocenters. The van der Waals surface area contributed by atoms with Crippen molar-refractivity contribution in [3.8, 4) is 0 Å². The first-order valence-corrected chi connectivity index (χ1v) is 6.96. The molecular formula is C16H23NO3. The van der Waals surface area contributed by atoms with Crippen LogP contribution in [0.4, 0.5) is 0 Å². The van der Waals surface area contributed by atoms with Crippen molar-refractivity contribution >= 4 is 5.97 Å². The van der Waals surface area contributed by atoms with E-state index in [1.165, 1.54) is 12.5 Å². The van der Waals surface area contributed by atoms with Crippen LogP contribution < -0.4 is 0 Å². The number of benzene rings is 1. The minimum atomic E-state index is -1.71. The van der Waals surface area contributed by atoms with E-state index in [1.54, 1.807) is 0 Å². The number of aliphatic hydroxyl groups is 1. The highest BCUT2D eigenvalue weighted by Crippen LogP contribution is 2.42. The molecule has 4 nitrogen and oxygen atoms in total. The number of rotatable bonds is 4. The Kier molecular flexibility index (Phi) is 3.89. The Balaban J connectivity index is 2.23. The van der Waals surface area contributed by atoms with Gasteiger partial charge in [0.1, 0.15) is 0 Å². The van der Waals surface area contributed by atoms with E-state index in [2.05, 4.69) is 30.9 Å². The van der Waals surface area contributed by atoms with Crippen molar-refractivity contribution in [3.63, 3.8) is 0 Å². The molecule has 20 heavy (non-hydrogen) atoms. The maximum atomic E-state index is 11.1. The van der Waals surface area contributed by atoms with Gasteiger partial charge in [-0.1, -0.05) is 44.2 Å². The van der Waals surface area contributed by atoms with Crippen LogP contribution in [0.2, 0.25) is 0 Å². The lowest BCUT2D eigenvalue weighted by Crippen LogP contribution is -2.46. The summed E-state index contributed by atoms with van der Waals surface area (Å²) in [6, 6.07) is 10.3. The third kappa shape index (κ3) is 3.19. The summed E-state index contributed by atoms with van der Waals surface area (Å²) in [7, 11) is 0. The molecule has 1 heterocycles. The highest BCUT2D eigenvalue weighted by Gasteiger charge is 2.42. The van der Waals surface area contributed by atoms with Gasteiger partial charge in [0.05, 0.1) is 0 Å². The van der Waals surface area contributed by atoms with Crippen molar-refractivity contribution in [3.05, 3.63) is 35.9 Å². The largest absolute Gasteiger partial charge is 0.479 e. The van der Waals surface area contributed by atoms with Gasteiger partial charge in [-0.25, -0.2) is 4.79 Å². The van der Waals surface area contributed by atoms with Gasteiger partial charge >= 0.3 is 5.97 Å². The molecular weight excluding hydrogens is 254 g/mol.